The van der Waals surface area contributed by atoms with Gasteiger partial charge < -0.3 is 19.4 Å². The Morgan fingerprint density at radius 3 is 2.39 bits per heavy atom. The Hall–Kier alpha value is 0.270. The number of aryl methyl sites for hydroxylation is 1. The summed E-state index contributed by atoms with van der Waals surface area (Å²) >= 11 is 0. The molecule has 0 bridgehead atoms. The first-order chi connectivity index (χ1) is 13.9. The molecule has 2 saturated heterocycles. The third-order valence-electron chi connectivity index (χ3n) is 5.56. The molecule has 3 atom stereocenters. The van der Waals surface area contributed by atoms with Gasteiger partial charge in [0.05, 0.1) is 25.6 Å². The van der Waals surface area contributed by atoms with Gasteiger partial charge in [-0.05, 0) is 50.5 Å². The fraction of sp³-hybridized carbons (Fsp3) is 0.600. The molecule has 8 nitrogen and oxygen atoms in total. The van der Waals surface area contributed by atoms with Gasteiger partial charge in [-0.15, -0.1) is 0 Å². The van der Waals surface area contributed by atoms with Crippen molar-refractivity contribution >= 4 is 19.4 Å². The van der Waals surface area contributed by atoms with Crippen LogP contribution in [0.2, 0.25) is 0 Å². The Labute approximate surface area is 228 Å². The number of benzene rings is 1. The first kappa shape index (κ1) is 29.3. The average Bonchev–Trinajstić information content (AvgIpc) is 2.85. The number of rotatable bonds is 8. The van der Waals surface area contributed by atoms with Crippen LogP contribution in [0.1, 0.15) is 44.1 Å². The fourth-order valence-electron chi connectivity index (χ4n) is 4.10. The largest absolute Gasteiger partial charge is 1.00 e. The van der Waals surface area contributed by atoms with Crippen LogP contribution in [0.25, 0.3) is 0 Å². The number of nitrogens with one attached hydrogen (secondary N) is 1. The van der Waals surface area contributed by atoms with E-state index in [9.17, 15) is 24.2 Å². The molecule has 1 amide bonds. The summed E-state index contributed by atoms with van der Waals surface area (Å²) in [6, 6.07) is 7.92. The van der Waals surface area contributed by atoms with Crippen molar-refractivity contribution in [2.75, 3.05) is 19.3 Å². The SMILES string of the molecule is O=C([O-])[C@@H]1CCCN2CCC[C@H](NP(=O)([O-])CCCCc3ccccc3)C(=O)N12.[Na+].[Na+]. The van der Waals surface area contributed by atoms with Gasteiger partial charge in [-0.1, -0.05) is 30.3 Å². The Balaban J connectivity index is 0.00000240. The van der Waals surface area contributed by atoms with E-state index in [1.165, 1.54) is 10.6 Å². The minimum atomic E-state index is -3.96. The molecule has 11 heteroatoms. The van der Waals surface area contributed by atoms with Crippen molar-refractivity contribution in [1.82, 2.24) is 15.1 Å². The van der Waals surface area contributed by atoms with E-state index in [2.05, 4.69) is 5.09 Å². The van der Waals surface area contributed by atoms with E-state index in [1.54, 1.807) is 5.01 Å². The number of unbranched alkanes of at least 4 members (excludes halogenated alkanes) is 1. The third-order valence-corrected chi connectivity index (χ3v) is 7.17. The van der Waals surface area contributed by atoms with E-state index < -0.39 is 31.5 Å². The zero-order valence-corrected chi connectivity index (χ0v) is 23.4. The number of amides is 1. The molecule has 1 aromatic carbocycles. The van der Waals surface area contributed by atoms with Crippen LogP contribution in [-0.4, -0.2) is 53.2 Å². The summed E-state index contributed by atoms with van der Waals surface area (Å²) in [6.07, 6.45) is 3.99. The Morgan fingerprint density at radius 1 is 1.10 bits per heavy atom. The normalized spacial score (nSPS) is 23.5. The predicted octanol–water partition coefficient (Wildman–Crippen LogP) is -5.72. The zero-order chi connectivity index (χ0) is 20.9. The second kappa shape index (κ2) is 13.9. The van der Waals surface area contributed by atoms with Crippen LogP contribution < -0.4 is 74.2 Å². The molecule has 31 heavy (non-hydrogen) atoms. The van der Waals surface area contributed by atoms with Gasteiger partial charge >= 0.3 is 59.1 Å². The summed E-state index contributed by atoms with van der Waals surface area (Å²) in [7, 11) is -3.96. The Bertz CT molecular complexity index is 770. The van der Waals surface area contributed by atoms with Gasteiger partial charge in [-0.3, -0.25) is 14.9 Å². The first-order valence-corrected chi connectivity index (χ1v) is 12.1. The maximum Gasteiger partial charge on any atom is 1.00 e. The monoisotopic (exact) mass is 467 g/mol. The molecule has 3 rings (SSSR count). The molecule has 0 aromatic heterocycles. The van der Waals surface area contributed by atoms with Crippen molar-refractivity contribution in [3.63, 3.8) is 0 Å². The van der Waals surface area contributed by atoms with Crippen LogP contribution in [0.4, 0.5) is 0 Å². The van der Waals surface area contributed by atoms with Crippen LogP contribution in [0.3, 0.4) is 0 Å². The maximum atomic E-state index is 13.0. The Morgan fingerprint density at radius 2 is 1.74 bits per heavy atom. The summed E-state index contributed by atoms with van der Waals surface area (Å²) in [5, 5.41) is 17.0. The second-order valence-corrected chi connectivity index (χ2v) is 9.83. The molecule has 0 spiro atoms. The van der Waals surface area contributed by atoms with Gasteiger partial charge in [-0.2, -0.15) is 0 Å². The summed E-state index contributed by atoms with van der Waals surface area (Å²) in [4.78, 5) is 37.0. The number of carbonyl (C=O) groups is 2. The number of carboxylic acid groups (broad SMARTS) is 1. The number of fused-ring (bicyclic) bond motifs is 1. The molecule has 160 valence electrons. The van der Waals surface area contributed by atoms with E-state index in [0.29, 0.717) is 45.2 Å². The number of carboxylic acids is 1. The van der Waals surface area contributed by atoms with E-state index in [-0.39, 0.29) is 65.3 Å². The molecule has 2 heterocycles. The smallest absolute Gasteiger partial charge is 0.788 e. The van der Waals surface area contributed by atoms with Gasteiger partial charge in [0, 0.05) is 19.3 Å². The van der Waals surface area contributed by atoms with Crippen molar-refractivity contribution in [2.45, 2.75) is 57.0 Å². The first-order valence-electron chi connectivity index (χ1n) is 10.3. The molecule has 0 saturated carbocycles. The van der Waals surface area contributed by atoms with E-state index in [1.807, 2.05) is 30.3 Å². The number of hydrazine groups is 1. The number of nitrogens with zero attached hydrogens (tertiary/aromatic N) is 2. The molecule has 2 aliphatic rings. The van der Waals surface area contributed by atoms with Crippen molar-refractivity contribution in [1.29, 1.82) is 0 Å². The number of carbonyl (C=O) groups excluding carboxylic acids is 2. The van der Waals surface area contributed by atoms with E-state index in [4.69, 9.17) is 0 Å². The van der Waals surface area contributed by atoms with Crippen LogP contribution in [-0.2, 0) is 20.6 Å². The molecular formula is C20H28N3Na2O5P. The van der Waals surface area contributed by atoms with E-state index in [0.717, 1.165) is 12.8 Å². The molecule has 2 aliphatic heterocycles. The Kier molecular flexibility index (Phi) is 13.1. The molecule has 0 aliphatic carbocycles. The zero-order valence-electron chi connectivity index (χ0n) is 18.5. The third kappa shape index (κ3) is 8.53. The fourth-order valence-corrected chi connectivity index (χ4v) is 5.58. The minimum absolute atomic E-state index is 0. The molecule has 2 fully saturated rings. The molecule has 1 unspecified atom stereocenters. The number of aliphatic carboxylic acids is 1. The van der Waals surface area contributed by atoms with Crippen molar-refractivity contribution in [3.05, 3.63) is 35.9 Å². The van der Waals surface area contributed by atoms with Crippen LogP contribution in [0, 0.1) is 0 Å². The quantitative estimate of drug-likeness (QED) is 0.230. The average molecular weight is 467 g/mol. The molecule has 1 N–H and O–H groups in total. The summed E-state index contributed by atoms with van der Waals surface area (Å²) in [6.45, 7) is 1.13. The number of hydrogen-bond acceptors (Lipinski definition) is 6. The molecular weight excluding hydrogens is 439 g/mol. The van der Waals surface area contributed by atoms with Crippen LogP contribution >= 0.6 is 7.52 Å². The van der Waals surface area contributed by atoms with Crippen molar-refractivity contribution < 1.29 is 83.3 Å². The van der Waals surface area contributed by atoms with Gasteiger partial charge in [-0.25, -0.2) is 5.01 Å². The molecule has 0 radical (unpaired) electrons. The van der Waals surface area contributed by atoms with E-state index >= 15 is 0 Å². The van der Waals surface area contributed by atoms with Gasteiger partial charge in [0.25, 0.3) is 5.91 Å². The summed E-state index contributed by atoms with van der Waals surface area (Å²) < 4.78 is 12.5. The van der Waals surface area contributed by atoms with Gasteiger partial charge in [0.15, 0.2) is 0 Å². The molecule has 1 aromatic rings. The minimum Gasteiger partial charge on any atom is -0.788 e. The second-order valence-electron chi connectivity index (χ2n) is 7.78. The van der Waals surface area contributed by atoms with Crippen molar-refractivity contribution in [3.8, 4) is 0 Å². The maximum absolute atomic E-state index is 13.0. The predicted molar refractivity (Wildman–Crippen MR) is 104 cm³/mol. The van der Waals surface area contributed by atoms with Crippen molar-refractivity contribution in [2.24, 2.45) is 0 Å². The standard InChI is InChI=1S/C20H30N3O5P.2Na/c24-19-17(11-6-13-22-14-7-12-18(20(25)26)23(19)22)21-29(27,28)15-5-4-10-16-8-2-1-3-9-16;;/h1-3,8-9,17-18H,4-7,10-15H2,(H,25,26)(H2,21,27,28);;/q;2*+1/p-2/t17-,18-;;/m0../s1. The van der Waals surface area contributed by atoms with Crippen LogP contribution in [0.5, 0.6) is 0 Å². The van der Waals surface area contributed by atoms with Gasteiger partial charge in [0.1, 0.15) is 0 Å². The number of hydrogen-bond donors (Lipinski definition) is 1. The summed E-state index contributed by atoms with van der Waals surface area (Å²) in [5.74, 6) is -1.79. The van der Waals surface area contributed by atoms with Gasteiger partial charge in [0.2, 0.25) is 0 Å². The topological polar surface area (TPSA) is 116 Å². The summed E-state index contributed by atoms with van der Waals surface area (Å²) in [5.41, 5.74) is 1.17. The van der Waals surface area contributed by atoms with Crippen LogP contribution in [0.15, 0.2) is 30.3 Å².